The molecule has 66 valence electrons. The van der Waals surface area contributed by atoms with Crippen LogP contribution in [0.4, 0.5) is 0 Å². The van der Waals surface area contributed by atoms with Crippen LogP contribution >= 0.6 is 0 Å². The van der Waals surface area contributed by atoms with Crippen LogP contribution in [0.2, 0.25) is 0 Å². The van der Waals surface area contributed by atoms with Gasteiger partial charge in [-0.3, -0.25) is 0 Å². The maximum Gasteiger partial charge on any atom is 0.0737 e. The molecule has 0 fully saturated rings. The van der Waals surface area contributed by atoms with Gasteiger partial charge in [-0.05, 0) is 41.5 Å². The molecule has 0 aromatic rings. The zero-order chi connectivity index (χ0) is 9.07. The van der Waals surface area contributed by atoms with Gasteiger partial charge in [-0.25, -0.2) is 0 Å². The standard InChI is InChI=1S/C10H20O/c1-8(2)7-9(3)11-10(4,5)6/h7,9H,1-6H3. The quantitative estimate of drug-likeness (QED) is 0.558. The van der Waals surface area contributed by atoms with Crippen molar-refractivity contribution >= 4 is 0 Å². The summed E-state index contributed by atoms with van der Waals surface area (Å²) in [5.74, 6) is 0. The number of hydrogen-bond donors (Lipinski definition) is 0. The lowest BCUT2D eigenvalue weighted by Gasteiger charge is -2.23. The molecule has 0 radical (unpaired) electrons. The van der Waals surface area contributed by atoms with Crippen LogP contribution in [0.25, 0.3) is 0 Å². The van der Waals surface area contributed by atoms with Crippen LogP contribution in [0, 0.1) is 0 Å². The van der Waals surface area contributed by atoms with Crippen molar-refractivity contribution in [2.75, 3.05) is 0 Å². The van der Waals surface area contributed by atoms with Crippen molar-refractivity contribution in [1.29, 1.82) is 0 Å². The molecule has 0 bridgehead atoms. The Morgan fingerprint density at radius 2 is 1.73 bits per heavy atom. The van der Waals surface area contributed by atoms with Crippen molar-refractivity contribution in [3.63, 3.8) is 0 Å². The summed E-state index contributed by atoms with van der Waals surface area (Å²) >= 11 is 0. The van der Waals surface area contributed by atoms with Gasteiger partial charge in [0.25, 0.3) is 0 Å². The van der Waals surface area contributed by atoms with Gasteiger partial charge in [-0.1, -0.05) is 11.6 Å². The molecule has 0 heterocycles. The average Bonchev–Trinajstić information content (AvgIpc) is 1.53. The second kappa shape index (κ2) is 3.91. The van der Waals surface area contributed by atoms with Crippen LogP contribution in [-0.4, -0.2) is 11.7 Å². The summed E-state index contributed by atoms with van der Waals surface area (Å²) in [5.41, 5.74) is 1.27. The summed E-state index contributed by atoms with van der Waals surface area (Å²) in [6.45, 7) is 12.5. The van der Waals surface area contributed by atoms with Crippen molar-refractivity contribution < 1.29 is 4.74 Å². The van der Waals surface area contributed by atoms with Crippen molar-refractivity contribution in [1.82, 2.24) is 0 Å². The van der Waals surface area contributed by atoms with Crippen molar-refractivity contribution in [3.05, 3.63) is 11.6 Å². The average molecular weight is 156 g/mol. The molecule has 0 N–H and O–H groups in total. The van der Waals surface area contributed by atoms with Crippen LogP contribution in [0.1, 0.15) is 41.5 Å². The predicted octanol–water partition coefficient (Wildman–Crippen LogP) is 3.16. The van der Waals surface area contributed by atoms with Crippen LogP contribution in [0.15, 0.2) is 11.6 Å². The van der Waals surface area contributed by atoms with Crippen molar-refractivity contribution in [2.45, 2.75) is 53.2 Å². The summed E-state index contributed by atoms with van der Waals surface area (Å²) in [5, 5.41) is 0. The minimum atomic E-state index is -0.0363. The lowest BCUT2D eigenvalue weighted by Crippen LogP contribution is -2.24. The van der Waals surface area contributed by atoms with Crippen molar-refractivity contribution in [3.8, 4) is 0 Å². The third kappa shape index (κ3) is 7.60. The molecule has 0 aromatic heterocycles. The molecular formula is C10H20O. The molecule has 0 saturated carbocycles. The third-order valence-electron chi connectivity index (χ3n) is 1.11. The largest absolute Gasteiger partial charge is 0.369 e. The monoisotopic (exact) mass is 156 g/mol. The third-order valence-corrected chi connectivity index (χ3v) is 1.11. The Labute approximate surface area is 70.4 Å². The zero-order valence-electron chi connectivity index (χ0n) is 8.56. The van der Waals surface area contributed by atoms with Crippen LogP contribution < -0.4 is 0 Å². The van der Waals surface area contributed by atoms with E-state index in [1.54, 1.807) is 0 Å². The van der Waals surface area contributed by atoms with Gasteiger partial charge in [-0.2, -0.15) is 0 Å². The molecule has 0 aliphatic carbocycles. The zero-order valence-corrected chi connectivity index (χ0v) is 8.56. The van der Waals surface area contributed by atoms with Crippen LogP contribution in [0.5, 0.6) is 0 Å². The molecule has 1 heteroatoms. The van der Waals surface area contributed by atoms with E-state index in [4.69, 9.17) is 4.74 Å². The molecule has 1 atom stereocenters. The van der Waals surface area contributed by atoms with Gasteiger partial charge in [0.15, 0.2) is 0 Å². The lowest BCUT2D eigenvalue weighted by molar-refractivity contribution is -0.0301. The van der Waals surface area contributed by atoms with E-state index in [-0.39, 0.29) is 11.7 Å². The number of rotatable bonds is 2. The summed E-state index contributed by atoms with van der Waals surface area (Å²) in [7, 11) is 0. The highest BCUT2D eigenvalue weighted by atomic mass is 16.5. The highest BCUT2D eigenvalue weighted by Gasteiger charge is 2.12. The number of hydrogen-bond acceptors (Lipinski definition) is 1. The fraction of sp³-hybridized carbons (Fsp3) is 0.800. The molecular weight excluding hydrogens is 136 g/mol. The highest BCUT2D eigenvalue weighted by molar-refractivity contribution is 4.97. The molecule has 0 amide bonds. The van der Waals surface area contributed by atoms with E-state index in [1.165, 1.54) is 5.57 Å². The molecule has 1 nitrogen and oxygen atoms in total. The first-order valence-electron chi connectivity index (χ1n) is 4.14. The maximum absolute atomic E-state index is 5.67. The Hall–Kier alpha value is -0.300. The van der Waals surface area contributed by atoms with Crippen LogP contribution in [0.3, 0.4) is 0 Å². The highest BCUT2D eigenvalue weighted by Crippen LogP contribution is 2.12. The van der Waals surface area contributed by atoms with Gasteiger partial charge in [0.2, 0.25) is 0 Å². The van der Waals surface area contributed by atoms with E-state index in [0.29, 0.717) is 0 Å². The Morgan fingerprint density at radius 3 is 2.00 bits per heavy atom. The second-order valence-electron chi connectivity index (χ2n) is 4.18. The Morgan fingerprint density at radius 1 is 1.27 bits per heavy atom. The molecule has 0 saturated heterocycles. The van der Waals surface area contributed by atoms with E-state index in [0.717, 1.165) is 0 Å². The summed E-state index contributed by atoms with van der Waals surface area (Å²) in [6.07, 6.45) is 2.35. The maximum atomic E-state index is 5.67. The van der Waals surface area contributed by atoms with E-state index in [9.17, 15) is 0 Å². The van der Waals surface area contributed by atoms with Crippen LogP contribution in [-0.2, 0) is 4.74 Å². The molecule has 1 unspecified atom stereocenters. The van der Waals surface area contributed by atoms with E-state index in [1.807, 2.05) is 0 Å². The first-order chi connectivity index (χ1) is 4.81. The van der Waals surface area contributed by atoms with Gasteiger partial charge in [0.1, 0.15) is 0 Å². The predicted molar refractivity (Wildman–Crippen MR) is 49.7 cm³/mol. The Kier molecular flexibility index (Phi) is 3.81. The first-order valence-corrected chi connectivity index (χ1v) is 4.14. The Balaban J connectivity index is 3.89. The second-order valence-corrected chi connectivity index (χ2v) is 4.18. The number of ether oxygens (including phenoxy) is 1. The molecule has 11 heavy (non-hydrogen) atoms. The molecule has 0 rings (SSSR count). The van der Waals surface area contributed by atoms with Gasteiger partial charge >= 0.3 is 0 Å². The summed E-state index contributed by atoms with van der Waals surface area (Å²) in [4.78, 5) is 0. The molecule has 0 aliphatic rings. The van der Waals surface area contributed by atoms with Gasteiger partial charge in [-0.15, -0.1) is 0 Å². The van der Waals surface area contributed by atoms with E-state index in [2.05, 4.69) is 47.6 Å². The normalized spacial score (nSPS) is 14.4. The number of allylic oxidation sites excluding steroid dienone is 1. The SMILES string of the molecule is CC(C)=CC(C)OC(C)(C)C. The fourth-order valence-electron chi connectivity index (χ4n) is 1.06. The van der Waals surface area contributed by atoms with Crippen molar-refractivity contribution in [2.24, 2.45) is 0 Å². The first kappa shape index (κ1) is 10.7. The van der Waals surface area contributed by atoms with Gasteiger partial charge in [0, 0.05) is 0 Å². The summed E-state index contributed by atoms with van der Waals surface area (Å²) in [6, 6.07) is 0. The lowest BCUT2D eigenvalue weighted by atomic mass is 10.1. The summed E-state index contributed by atoms with van der Waals surface area (Å²) < 4.78 is 5.67. The molecule has 0 spiro atoms. The van der Waals surface area contributed by atoms with E-state index < -0.39 is 0 Å². The minimum absolute atomic E-state index is 0.0363. The smallest absolute Gasteiger partial charge is 0.0737 e. The van der Waals surface area contributed by atoms with Gasteiger partial charge in [0.05, 0.1) is 11.7 Å². The van der Waals surface area contributed by atoms with Gasteiger partial charge < -0.3 is 4.74 Å². The molecule has 0 aliphatic heterocycles. The topological polar surface area (TPSA) is 9.23 Å². The van der Waals surface area contributed by atoms with E-state index >= 15 is 0 Å². The minimum Gasteiger partial charge on any atom is -0.369 e. The Bertz CT molecular complexity index is 135. The fourth-order valence-corrected chi connectivity index (χ4v) is 1.06. The molecule has 0 aromatic carbocycles.